The van der Waals surface area contributed by atoms with E-state index in [-0.39, 0.29) is 6.10 Å². The largest absolute Gasteiger partial charge is 0.371 e. The molecule has 0 aromatic carbocycles. The number of carbonyl (C=O) groups is 1. The summed E-state index contributed by atoms with van der Waals surface area (Å²) >= 11 is 0. The first-order valence-electron chi connectivity index (χ1n) is 12.0. The predicted octanol–water partition coefficient (Wildman–Crippen LogP) is 2.97. The van der Waals surface area contributed by atoms with Gasteiger partial charge in [-0.25, -0.2) is 0 Å². The zero-order valence-electron chi connectivity index (χ0n) is 17.9. The van der Waals surface area contributed by atoms with E-state index >= 15 is 0 Å². The summed E-state index contributed by atoms with van der Waals surface area (Å²) in [6.45, 7) is 6.48. The molecular weight excluding hydrogens is 362 g/mol. The molecular formula is C24H37N3O2. The monoisotopic (exact) mass is 399 g/mol. The van der Waals surface area contributed by atoms with E-state index in [0.717, 1.165) is 58.2 Å². The molecule has 1 unspecified atom stereocenters. The fourth-order valence-electron chi connectivity index (χ4n) is 5.70. The van der Waals surface area contributed by atoms with Gasteiger partial charge in [-0.15, -0.1) is 0 Å². The minimum absolute atomic E-state index is 0.275. The molecule has 1 atom stereocenters. The third kappa shape index (κ3) is 4.62. The normalized spacial score (nSPS) is 29.9. The molecule has 0 N–H and O–H groups in total. The molecule has 1 saturated heterocycles. The van der Waals surface area contributed by atoms with Crippen molar-refractivity contribution >= 4 is 5.91 Å². The highest BCUT2D eigenvalue weighted by Gasteiger charge is 2.31. The fraction of sp³-hybridized carbons (Fsp3) is 0.792. The molecule has 0 radical (unpaired) electrons. The lowest BCUT2D eigenvalue weighted by molar-refractivity contribution is -0.134. The first-order valence-corrected chi connectivity index (χ1v) is 12.0. The molecule has 0 bridgehead atoms. The van der Waals surface area contributed by atoms with Crippen molar-refractivity contribution < 1.29 is 9.53 Å². The number of rotatable bonds is 5. The molecule has 0 spiro atoms. The molecule has 2 saturated carbocycles. The van der Waals surface area contributed by atoms with Gasteiger partial charge in [0.1, 0.15) is 0 Å². The Morgan fingerprint density at radius 2 is 1.79 bits per heavy atom. The smallest absolute Gasteiger partial charge is 0.236 e. The zero-order chi connectivity index (χ0) is 19.6. The topological polar surface area (TPSA) is 36.0 Å². The van der Waals surface area contributed by atoms with Gasteiger partial charge in [0, 0.05) is 45.3 Å². The Morgan fingerprint density at radius 1 is 1.00 bits per heavy atom. The number of nitrogens with zero attached hydrogens (tertiary/aromatic N) is 3. The molecule has 3 aliphatic carbocycles. The maximum atomic E-state index is 12.8. The second-order valence-electron chi connectivity index (χ2n) is 9.74. The summed E-state index contributed by atoms with van der Waals surface area (Å²) in [7, 11) is 0. The third-order valence-corrected chi connectivity index (χ3v) is 7.82. The van der Waals surface area contributed by atoms with Gasteiger partial charge in [-0.1, -0.05) is 37.0 Å². The van der Waals surface area contributed by atoms with Crippen LogP contribution in [0.2, 0.25) is 0 Å². The maximum Gasteiger partial charge on any atom is 0.236 e. The van der Waals surface area contributed by atoms with Gasteiger partial charge in [-0.3, -0.25) is 14.6 Å². The highest BCUT2D eigenvalue weighted by atomic mass is 16.5. The highest BCUT2D eigenvalue weighted by Crippen LogP contribution is 2.31. The van der Waals surface area contributed by atoms with E-state index in [1.54, 1.807) is 5.57 Å². The molecule has 5 rings (SSSR count). The number of amides is 1. The number of piperazine rings is 1. The van der Waals surface area contributed by atoms with Crippen LogP contribution in [0.4, 0.5) is 0 Å². The van der Waals surface area contributed by atoms with E-state index in [2.05, 4.69) is 26.9 Å². The van der Waals surface area contributed by atoms with E-state index in [0.29, 0.717) is 18.6 Å². The van der Waals surface area contributed by atoms with Crippen LogP contribution in [-0.4, -0.2) is 84.7 Å². The van der Waals surface area contributed by atoms with Crippen molar-refractivity contribution in [3.63, 3.8) is 0 Å². The maximum absolute atomic E-state index is 12.8. The standard InChI is InChI=1S/C24H37N3O2/c28-24(27-14-12-26(13-15-27)21-4-3-5-21)18-25-11-10-19-16-23(9-8-20(19)17-25)29-22-6-1-2-7-22/h8-9,21-23H,1-7,10-18H2. The number of ether oxygens (including phenoxy) is 1. The summed E-state index contributed by atoms with van der Waals surface area (Å²) in [6, 6.07) is 0.805. The number of carbonyl (C=O) groups excluding carboxylic acids is 1. The van der Waals surface area contributed by atoms with Crippen LogP contribution >= 0.6 is 0 Å². The molecule has 0 aromatic heterocycles. The summed E-state index contributed by atoms with van der Waals surface area (Å²) in [4.78, 5) is 19.9. The first kappa shape index (κ1) is 19.8. The van der Waals surface area contributed by atoms with Crippen LogP contribution in [0.1, 0.15) is 57.8 Å². The number of hydrogen-bond acceptors (Lipinski definition) is 4. The van der Waals surface area contributed by atoms with Crippen LogP contribution in [0.25, 0.3) is 0 Å². The molecule has 1 amide bonds. The van der Waals surface area contributed by atoms with Crippen LogP contribution in [0.5, 0.6) is 0 Å². The molecule has 160 valence electrons. The van der Waals surface area contributed by atoms with Gasteiger partial charge in [0.05, 0.1) is 18.8 Å². The quantitative estimate of drug-likeness (QED) is 0.712. The van der Waals surface area contributed by atoms with Gasteiger partial charge >= 0.3 is 0 Å². The van der Waals surface area contributed by atoms with Crippen molar-refractivity contribution in [1.82, 2.24) is 14.7 Å². The van der Waals surface area contributed by atoms with Gasteiger partial charge < -0.3 is 9.64 Å². The minimum Gasteiger partial charge on any atom is -0.371 e. The van der Waals surface area contributed by atoms with E-state index in [9.17, 15) is 4.79 Å². The molecule has 2 heterocycles. The Bertz CT molecular complexity index is 655. The third-order valence-electron chi connectivity index (χ3n) is 7.82. The highest BCUT2D eigenvalue weighted by molar-refractivity contribution is 5.78. The van der Waals surface area contributed by atoms with Crippen molar-refractivity contribution in [3.8, 4) is 0 Å². The van der Waals surface area contributed by atoms with Crippen molar-refractivity contribution in [2.75, 3.05) is 45.8 Å². The Kier molecular flexibility index (Phi) is 6.07. The average Bonchev–Trinajstić information content (AvgIpc) is 3.20. The van der Waals surface area contributed by atoms with Gasteiger partial charge in [-0.05, 0) is 44.1 Å². The average molecular weight is 400 g/mol. The Labute approximate surface area is 175 Å². The molecule has 3 fully saturated rings. The van der Waals surface area contributed by atoms with E-state index < -0.39 is 0 Å². The second-order valence-corrected chi connectivity index (χ2v) is 9.74. The first-order chi connectivity index (χ1) is 14.2. The second kappa shape index (κ2) is 8.91. The van der Waals surface area contributed by atoms with Crippen LogP contribution < -0.4 is 0 Å². The van der Waals surface area contributed by atoms with Crippen molar-refractivity contribution in [2.24, 2.45) is 0 Å². The van der Waals surface area contributed by atoms with Gasteiger partial charge in [-0.2, -0.15) is 0 Å². The molecule has 29 heavy (non-hydrogen) atoms. The molecule has 2 aliphatic heterocycles. The molecule has 5 nitrogen and oxygen atoms in total. The van der Waals surface area contributed by atoms with Crippen molar-refractivity contribution in [3.05, 3.63) is 23.3 Å². The molecule has 5 aliphatic rings. The minimum atomic E-state index is 0.275. The molecule has 0 aromatic rings. The summed E-state index contributed by atoms with van der Waals surface area (Å²) in [5.41, 5.74) is 3.00. The summed E-state index contributed by atoms with van der Waals surface area (Å²) in [5.74, 6) is 0.324. The van der Waals surface area contributed by atoms with Crippen LogP contribution in [0.15, 0.2) is 23.3 Å². The lowest BCUT2D eigenvalue weighted by atomic mass is 9.90. The summed E-state index contributed by atoms with van der Waals surface area (Å²) in [5, 5.41) is 0. The Balaban J connectivity index is 1.08. The zero-order valence-corrected chi connectivity index (χ0v) is 17.9. The van der Waals surface area contributed by atoms with Gasteiger partial charge in [0.2, 0.25) is 5.91 Å². The predicted molar refractivity (Wildman–Crippen MR) is 115 cm³/mol. The molecule has 5 heteroatoms. The van der Waals surface area contributed by atoms with E-state index in [1.165, 1.54) is 50.5 Å². The lowest BCUT2D eigenvalue weighted by Gasteiger charge is -2.43. The Hall–Kier alpha value is -1.17. The fourth-order valence-corrected chi connectivity index (χ4v) is 5.70. The van der Waals surface area contributed by atoms with Crippen molar-refractivity contribution in [1.29, 1.82) is 0 Å². The van der Waals surface area contributed by atoms with Crippen LogP contribution in [0, 0.1) is 0 Å². The van der Waals surface area contributed by atoms with E-state index in [4.69, 9.17) is 4.74 Å². The lowest BCUT2D eigenvalue weighted by Crippen LogP contribution is -2.55. The van der Waals surface area contributed by atoms with Crippen molar-refractivity contribution in [2.45, 2.75) is 76.0 Å². The summed E-state index contributed by atoms with van der Waals surface area (Å²) in [6.07, 6.45) is 16.7. The summed E-state index contributed by atoms with van der Waals surface area (Å²) < 4.78 is 6.31. The Morgan fingerprint density at radius 3 is 2.52 bits per heavy atom. The van der Waals surface area contributed by atoms with Gasteiger partial charge in [0.15, 0.2) is 0 Å². The SMILES string of the molecule is O=C(CN1CCC2=C(C=CC(OC3CCCC3)C2)C1)N1CCN(C2CCC2)CC1. The van der Waals surface area contributed by atoms with Gasteiger partial charge in [0.25, 0.3) is 0 Å². The van der Waals surface area contributed by atoms with E-state index in [1.807, 2.05) is 0 Å². The van der Waals surface area contributed by atoms with Crippen LogP contribution in [-0.2, 0) is 9.53 Å². The number of hydrogen-bond donors (Lipinski definition) is 0. The van der Waals surface area contributed by atoms with Crippen LogP contribution in [0.3, 0.4) is 0 Å².